The Morgan fingerprint density at radius 2 is 0.807 bits per heavy atom. The monoisotopic (exact) mass is 754 g/mol. The van der Waals surface area contributed by atoms with Crippen LogP contribution in [0.3, 0.4) is 0 Å². The molecule has 7 rings (SSSR count). The number of hydrogen-bond donors (Lipinski definition) is 1. The highest BCUT2D eigenvalue weighted by molar-refractivity contribution is 6.08. The van der Waals surface area contributed by atoms with Crippen molar-refractivity contribution in [1.29, 1.82) is 0 Å². The number of ketones is 1. The van der Waals surface area contributed by atoms with Crippen LogP contribution in [0.15, 0.2) is 182 Å². The second kappa shape index (κ2) is 19.4. The lowest BCUT2D eigenvalue weighted by Gasteiger charge is -2.19. The number of phenols is 1. The molecule has 0 aliphatic rings. The zero-order chi connectivity index (χ0) is 39.1. The molecular formula is C50H42O7. The van der Waals surface area contributed by atoms with Crippen molar-refractivity contribution in [1.82, 2.24) is 0 Å². The number of ether oxygens (including phenoxy) is 5. The Labute approximate surface area is 333 Å². The van der Waals surface area contributed by atoms with Gasteiger partial charge in [0.2, 0.25) is 5.75 Å². The van der Waals surface area contributed by atoms with Crippen molar-refractivity contribution >= 4 is 11.9 Å². The minimum Gasteiger partial charge on any atom is -0.507 e. The van der Waals surface area contributed by atoms with E-state index in [1.807, 2.05) is 152 Å². The van der Waals surface area contributed by atoms with E-state index in [1.54, 1.807) is 24.3 Å². The Morgan fingerprint density at radius 1 is 0.439 bits per heavy atom. The first-order chi connectivity index (χ1) is 28.1. The Hall–Kier alpha value is -7.25. The smallest absolute Gasteiger partial charge is 0.203 e. The van der Waals surface area contributed by atoms with Crippen LogP contribution in [0.2, 0.25) is 0 Å². The quantitative estimate of drug-likeness (QED) is 0.0690. The molecule has 0 saturated heterocycles. The number of carbonyl (C=O) groups is 1. The molecule has 1 N–H and O–H groups in total. The van der Waals surface area contributed by atoms with Crippen LogP contribution in [0.25, 0.3) is 6.08 Å². The summed E-state index contributed by atoms with van der Waals surface area (Å²) < 4.78 is 31.5. The van der Waals surface area contributed by atoms with Gasteiger partial charge in [0.1, 0.15) is 50.3 Å². The van der Waals surface area contributed by atoms with Gasteiger partial charge in [-0.15, -0.1) is 0 Å². The number of rotatable bonds is 18. The van der Waals surface area contributed by atoms with E-state index in [9.17, 15) is 9.90 Å². The molecule has 0 saturated carbocycles. The molecule has 0 aliphatic heterocycles. The Balaban J connectivity index is 1.21. The van der Waals surface area contributed by atoms with E-state index in [0.29, 0.717) is 46.5 Å². The van der Waals surface area contributed by atoms with Crippen molar-refractivity contribution in [2.24, 2.45) is 0 Å². The molecule has 0 unspecified atom stereocenters. The van der Waals surface area contributed by atoms with Gasteiger partial charge < -0.3 is 28.8 Å². The normalized spacial score (nSPS) is 10.9. The van der Waals surface area contributed by atoms with Crippen molar-refractivity contribution in [3.8, 4) is 34.5 Å². The third-order valence-electron chi connectivity index (χ3n) is 8.99. The molecule has 0 heterocycles. The van der Waals surface area contributed by atoms with E-state index < -0.39 is 0 Å². The standard InChI is InChI=1S/C50H42O7/c51-45(27-26-44-46(52)30-43(53-32-37-16-6-1-7-17-37)31-47(44)54-33-38-18-8-2-9-19-38)42-28-48(55-34-39-20-10-3-11-21-39)50(57-36-41-24-14-5-15-25-41)49(29-42)56-35-40-22-12-4-13-23-40/h1-31,52H,32-36H2. The highest BCUT2D eigenvalue weighted by Crippen LogP contribution is 2.41. The van der Waals surface area contributed by atoms with Gasteiger partial charge in [-0.25, -0.2) is 0 Å². The Bertz CT molecular complexity index is 2300. The molecule has 7 aromatic rings. The summed E-state index contributed by atoms with van der Waals surface area (Å²) in [5.41, 5.74) is 5.42. The molecule has 0 aromatic heterocycles. The summed E-state index contributed by atoms with van der Waals surface area (Å²) >= 11 is 0. The first-order valence-corrected chi connectivity index (χ1v) is 18.7. The van der Waals surface area contributed by atoms with Gasteiger partial charge in [-0.1, -0.05) is 152 Å². The van der Waals surface area contributed by atoms with Crippen molar-refractivity contribution in [2.45, 2.75) is 33.0 Å². The molecule has 0 spiro atoms. The summed E-state index contributed by atoms with van der Waals surface area (Å²) in [7, 11) is 0. The lowest BCUT2D eigenvalue weighted by atomic mass is 10.1. The summed E-state index contributed by atoms with van der Waals surface area (Å²) in [6.45, 7) is 1.28. The van der Waals surface area contributed by atoms with E-state index in [4.69, 9.17) is 23.7 Å². The molecule has 7 nitrogen and oxygen atoms in total. The predicted octanol–water partition coefficient (Wildman–Crippen LogP) is 11.2. The van der Waals surface area contributed by atoms with E-state index in [1.165, 1.54) is 12.1 Å². The maximum atomic E-state index is 14.1. The fourth-order valence-corrected chi connectivity index (χ4v) is 5.97. The van der Waals surface area contributed by atoms with Gasteiger partial charge in [0.05, 0.1) is 5.56 Å². The van der Waals surface area contributed by atoms with Crippen LogP contribution in [0.1, 0.15) is 43.7 Å². The van der Waals surface area contributed by atoms with Crippen LogP contribution in [-0.4, -0.2) is 10.9 Å². The first-order valence-electron chi connectivity index (χ1n) is 18.7. The summed E-state index contributed by atoms with van der Waals surface area (Å²) in [6, 6.07) is 55.4. The molecule has 0 aliphatic carbocycles. The summed E-state index contributed by atoms with van der Waals surface area (Å²) in [6.07, 6.45) is 2.95. The van der Waals surface area contributed by atoms with Crippen LogP contribution in [0.5, 0.6) is 34.5 Å². The largest absolute Gasteiger partial charge is 0.507 e. The minimum atomic E-state index is -0.350. The maximum Gasteiger partial charge on any atom is 0.203 e. The molecule has 0 atom stereocenters. The number of carbonyl (C=O) groups excluding carboxylic acids is 1. The van der Waals surface area contributed by atoms with Gasteiger partial charge in [-0.05, 0) is 52.1 Å². The van der Waals surface area contributed by atoms with E-state index in [2.05, 4.69) is 0 Å². The van der Waals surface area contributed by atoms with Gasteiger partial charge >= 0.3 is 0 Å². The van der Waals surface area contributed by atoms with E-state index >= 15 is 0 Å². The molecule has 0 radical (unpaired) electrons. The van der Waals surface area contributed by atoms with Crippen LogP contribution in [0.4, 0.5) is 0 Å². The molecule has 0 fully saturated rings. The third kappa shape index (κ3) is 10.9. The Morgan fingerprint density at radius 3 is 1.23 bits per heavy atom. The van der Waals surface area contributed by atoms with E-state index in [0.717, 1.165) is 27.8 Å². The molecule has 284 valence electrons. The Kier molecular flexibility index (Phi) is 12.9. The SMILES string of the molecule is O=C(C=Cc1c(O)cc(OCc2ccccc2)cc1OCc1ccccc1)c1cc(OCc2ccccc2)c(OCc2ccccc2)c(OCc2ccccc2)c1. The first kappa shape index (κ1) is 38.0. The second-order valence-electron chi connectivity index (χ2n) is 13.2. The summed E-state index contributed by atoms with van der Waals surface area (Å²) in [5.74, 6) is 1.42. The summed E-state index contributed by atoms with van der Waals surface area (Å²) in [5, 5.41) is 11.3. The number of benzene rings is 7. The molecule has 7 heteroatoms. The average Bonchev–Trinajstić information content (AvgIpc) is 3.26. The second-order valence-corrected chi connectivity index (χ2v) is 13.2. The maximum absolute atomic E-state index is 14.1. The highest BCUT2D eigenvalue weighted by Gasteiger charge is 2.20. The number of allylic oxidation sites excluding steroid dienone is 1. The molecular weight excluding hydrogens is 713 g/mol. The summed E-state index contributed by atoms with van der Waals surface area (Å²) in [4.78, 5) is 14.1. The van der Waals surface area contributed by atoms with Crippen LogP contribution in [-0.2, 0) is 33.0 Å². The number of aromatic hydroxyl groups is 1. The highest BCUT2D eigenvalue weighted by atomic mass is 16.5. The zero-order valence-electron chi connectivity index (χ0n) is 31.3. The molecule has 0 bridgehead atoms. The fraction of sp³-hybridized carbons (Fsp3) is 0.100. The minimum absolute atomic E-state index is 0.101. The van der Waals surface area contributed by atoms with Crippen molar-refractivity contribution in [3.63, 3.8) is 0 Å². The van der Waals surface area contributed by atoms with Crippen LogP contribution < -0.4 is 23.7 Å². The van der Waals surface area contributed by atoms with Crippen molar-refractivity contribution in [3.05, 3.63) is 221 Å². The van der Waals surface area contributed by atoms with Gasteiger partial charge in [0.25, 0.3) is 0 Å². The molecule has 7 aromatic carbocycles. The lowest BCUT2D eigenvalue weighted by molar-refractivity contribution is 0.104. The van der Waals surface area contributed by atoms with Gasteiger partial charge in [0.15, 0.2) is 17.3 Å². The average molecular weight is 755 g/mol. The van der Waals surface area contributed by atoms with E-state index in [-0.39, 0.29) is 38.0 Å². The van der Waals surface area contributed by atoms with Gasteiger partial charge in [-0.3, -0.25) is 4.79 Å². The number of phenolic OH excluding ortho intramolecular Hbond substituents is 1. The van der Waals surface area contributed by atoms with Crippen LogP contribution >= 0.6 is 0 Å². The fourth-order valence-electron chi connectivity index (χ4n) is 5.97. The third-order valence-corrected chi connectivity index (χ3v) is 8.99. The zero-order valence-corrected chi connectivity index (χ0v) is 31.3. The topological polar surface area (TPSA) is 83.5 Å². The predicted molar refractivity (Wildman–Crippen MR) is 222 cm³/mol. The lowest BCUT2D eigenvalue weighted by Crippen LogP contribution is -2.06. The number of hydrogen-bond acceptors (Lipinski definition) is 7. The van der Waals surface area contributed by atoms with Gasteiger partial charge in [0, 0.05) is 17.7 Å². The molecule has 0 amide bonds. The molecule has 57 heavy (non-hydrogen) atoms. The van der Waals surface area contributed by atoms with Gasteiger partial charge in [-0.2, -0.15) is 0 Å². The van der Waals surface area contributed by atoms with Crippen molar-refractivity contribution in [2.75, 3.05) is 0 Å². The van der Waals surface area contributed by atoms with Crippen LogP contribution in [0, 0.1) is 0 Å². The van der Waals surface area contributed by atoms with Crippen molar-refractivity contribution < 1.29 is 33.6 Å².